The average Bonchev–Trinajstić information content (AvgIpc) is 3.32. The van der Waals surface area contributed by atoms with Crippen LogP contribution in [-0.2, 0) is 17.5 Å². The molecule has 4 aromatic rings. The van der Waals surface area contributed by atoms with Crippen molar-refractivity contribution in [2.75, 3.05) is 31.2 Å². The Morgan fingerprint density at radius 3 is 2.58 bits per heavy atom. The lowest BCUT2D eigenvalue weighted by atomic mass is 9.98. The first-order valence-corrected chi connectivity index (χ1v) is 10.3. The fourth-order valence-electron chi connectivity index (χ4n) is 3.84. The van der Waals surface area contributed by atoms with Gasteiger partial charge in [0, 0.05) is 18.7 Å². The zero-order valence-corrected chi connectivity index (χ0v) is 17.4. The molecule has 0 atom stereocenters. The molecule has 33 heavy (non-hydrogen) atoms. The molecule has 1 fully saturated rings. The second kappa shape index (κ2) is 8.45. The van der Waals surface area contributed by atoms with E-state index in [1.54, 1.807) is 30.6 Å². The topological polar surface area (TPSA) is 87.2 Å². The van der Waals surface area contributed by atoms with E-state index in [0.29, 0.717) is 54.5 Å². The molecule has 2 N–H and O–H groups in total. The highest BCUT2D eigenvalue weighted by Crippen LogP contribution is 2.35. The fraction of sp³-hybridized carbons (Fsp3) is 0.261. The predicted octanol–water partition coefficient (Wildman–Crippen LogP) is 3.83. The van der Waals surface area contributed by atoms with E-state index >= 15 is 0 Å². The van der Waals surface area contributed by atoms with Crippen LogP contribution in [0.25, 0.3) is 33.7 Å². The van der Waals surface area contributed by atoms with Crippen LogP contribution in [0.4, 0.5) is 19.0 Å². The lowest BCUT2D eigenvalue weighted by Gasteiger charge is -2.28. The summed E-state index contributed by atoms with van der Waals surface area (Å²) >= 11 is 0. The van der Waals surface area contributed by atoms with Crippen molar-refractivity contribution in [1.82, 2.24) is 19.9 Å². The first kappa shape index (κ1) is 21.4. The molecule has 7 nitrogen and oxygen atoms in total. The van der Waals surface area contributed by atoms with E-state index in [9.17, 15) is 18.3 Å². The molecule has 1 saturated heterocycles. The standard InChI is InChI=1S/C23H19F3N5O2/c24-23(25,26)18-11-16(5-6-17(18)12-32)14-1-3-15(4-2-14)20-29-21-19(27-13-28-21)22(30-20)31-7-9-33-10-8-31/h1-3,5-6,11,13,32H,7-10,12H2,(H,27,28,29,30). The quantitative estimate of drug-likeness (QED) is 0.487. The van der Waals surface area contributed by atoms with E-state index in [0.717, 1.165) is 17.4 Å². The SMILES string of the molecule is OCc1ccc(-c2c[c]c(-c3nc(N4CCOCC4)c4[nH]cnc4n3)cc2)cc1C(F)(F)F. The Kier molecular flexibility index (Phi) is 5.47. The van der Waals surface area contributed by atoms with Crippen molar-refractivity contribution in [1.29, 1.82) is 0 Å². The lowest BCUT2D eigenvalue weighted by Crippen LogP contribution is -2.37. The number of aliphatic hydroxyl groups is 1. The van der Waals surface area contributed by atoms with E-state index < -0.39 is 18.3 Å². The van der Waals surface area contributed by atoms with Crippen molar-refractivity contribution >= 4 is 17.0 Å². The van der Waals surface area contributed by atoms with Gasteiger partial charge in [0.15, 0.2) is 17.3 Å². The van der Waals surface area contributed by atoms with Gasteiger partial charge in [0.2, 0.25) is 0 Å². The Labute approximate surface area is 186 Å². The van der Waals surface area contributed by atoms with Crippen LogP contribution < -0.4 is 4.90 Å². The Hall–Kier alpha value is -3.50. The Balaban J connectivity index is 1.50. The van der Waals surface area contributed by atoms with Crippen LogP contribution in [0.3, 0.4) is 0 Å². The number of hydrogen-bond donors (Lipinski definition) is 2. The third-order valence-electron chi connectivity index (χ3n) is 5.55. The van der Waals surface area contributed by atoms with Gasteiger partial charge in [-0.25, -0.2) is 15.0 Å². The van der Waals surface area contributed by atoms with Crippen LogP contribution in [0.1, 0.15) is 11.1 Å². The van der Waals surface area contributed by atoms with E-state index in [2.05, 4.69) is 25.9 Å². The molecule has 0 aliphatic carbocycles. The van der Waals surface area contributed by atoms with Gasteiger partial charge in [-0.15, -0.1) is 0 Å². The third kappa shape index (κ3) is 4.14. The van der Waals surface area contributed by atoms with Crippen LogP contribution in [0, 0.1) is 6.07 Å². The average molecular weight is 454 g/mol. The molecule has 0 spiro atoms. The van der Waals surface area contributed by atoms with Crippen LogP contribution >= 0.6 is 0 Å². The maximum atomic E-state index is 13.4. The Bertz CT molecular complexity index is 1280. The van der Waals surface area contributed by atoms with Gasteiger partial charge in [-0.1, -0.05) is 18.2 Å². The number of imidazole rings is 1. The van der Waals surface area contributed by atoms with Crippen molar-refractivity contribution in [3.63, 3.8) is 0 Å². The molecule has 0 bridgehead atoms. The maximum absolute atomic E-state index is 13.4. The summed E-state index contributed by atoms with van der Waals surface area (Å²) in [6, 6.07) is 12.0. The van der Waals surface area contributed by atoms with Gasteiger partial charge in [-0.2, -0.15) is 13.2 Å². The summed E-state index contributed by atoms with van der Waals surface area (Å²) in [5.41, 5.74) is 1.77. The first-order valence-electron chi connectivity index (χ1n) is 10.3. The van der Waals surface area contributed by atoms with Crippen molar-refractivity contribution < 1.29 is 23.0 Å². The normalized spacial score (nSPS) is 14.7. The predicted molar refractivity (Wildman–Crippen MR) is 115 cm³/mol. The van der Waals surface area contributed by atoms with Gasteiger partial charge in [-0.3, -0.25) is 0 Å². The Morgan fingerprint density at radius 2 is 1.88 bits per heavy atom. The highest BCUT2D eigenvalue weighted by Gasteiger charge is 2.33. The molecule has 1 radical (unpaired) electrons. The van der Waals surface area contributed by atoms with Gasteiger partial charge in [0.25, 0.3) is 0 Å². The zero-order chi connectivity index (χ0) is 23.0. The van der Waals surface area contributed by atoms with Gasteiger partial charge in [0.1, 0.15) is 5.52 Å². The molecule has 2 aromatic heterocycles. The number of halogens is 3. The molecule has 0 amide bonds. The number of aliphatic hydroxyl groups excluding tert-OH is 1. The summed E-state index contributed by atoms with van der Waals surface area (Å²) in [5.74, 6) is 1.15. The number of aromatic nitrogens is 4. The number of alkyl halides is 3. The highest BCUT2D eigenvalue weighted by molar-refractivity contribution is 5.85. The monoisotopic (exact) mass is 454 g/mol. The number of nitrogens with one attached hydrogen (secondary N) is 1. The second-order valence-corrected chi connectivity index (χ2v) is 7.59. The van der Waals surface area contributed by atoms with Crippen molar-refractivity contribution in [2.24, 2.45) is 0 Å². The van der Waals surface area contributed by atoms with Crippen LogP contribution in [0.2, 0.25) is 0 Å². The number of benzene rings is 2. The third-order valence-corrected chi connectivity index (χ3v) is 5.55. The molecule has 3 heterocycles. The van der Waals surface area contributed by atoms with Crippen molar-refractivity contribution in [2.45, 2.75) is 12.8 Å². The van der Waals surface area contributed by atoms with E-state index in [-0.39, 0.29) is 5.56 Å². The number of nitrogens with zero attached hydrogens (tertiary/aromatic N) is 4. The van der Waals surface area contributed by atoms with Crippen LogP contribution in [-0.4, -0.2) is 51.3 Å². The zero-order valence-electron chi connectivity index (χ0n) is 17.4. The minimum absolute atomic E-state index is 0.164. The summed E-state index contributed by atoms with van der Waals surface area (Å²) in [6.45, 7) is 1.91. The summed E-state index contributed by atoms with van der Waals surface area (Å²) in [4.78, 5) is 18.7. The summed E-state index contributed by atoms with van der Waals surface area (Å²) in [7, 11) is 0. The molecule has 1 aliphatic heterocycles. The number of aromatic amines is 1. The molecule has 0 saturated carbocycles. The van der Waals surface area contributed by atoms with E-state index in [1.807, 2.05) is 0 Å². The lowest BCUT2D eigenvalue weighted by molar-refractivity contribution is -0.138. The first-order chi connectivity index (χ1) is 15.9. The second-order valence-electron chi connectivity index (χ2n) is 7.59. The molecule has 2 aromatic carbocycles. The summed E-state index contributed by atoms with van der Waals surface area (Å²) < 4.78 is 45.5. The molecule has 5 rings (SSSR count). The Morgan fingerprint density at radius 1 is 1.09 bits per heavy atom. The van der Waals surface area contributed by atoms with Crippen LogP contribution in [0.5, 0.6) is 0 Å². The molecule has 1 aliphatic rings. The van der Waals surface area contributed by atoms with Gasteiger partial charge >= 0.3 is 6.18 Å². The van der Waals surface area contributed by atoms with Gasteiger partial charge in [-0.05, 0) is 41.0 Å². The van der Waals surface area contributed by atoms with E-state index in [1.165, 1.54) is 6.07 Å². The molecule has 0 unspecified atom stereocenters. The van der Waals surface area contributed by atoms with Crippen molar-refractivity contribution in [3.8, 4) is 22.5 Å². The minimum Gasteiger partial charge on any atom is -0.392 e. The number of hydrogen-bond acceptors (Lipinski definition) is 6. The highest BCUT2D eigenvalue weighted by atomic mass is 19.4. The number of H-pyrrole nitrogens is 1. The van der Waals surface area contributed by atoms with E-state index in [4.69, 9.17) is 9.72 Å². The van der Waals surface area contributed by atoms with Gasteiger partial charge in [0.05, 0.1) is 31.7 Å². The number of fused-ring (bicyclic) bond motifs is 1. The smallest absolute Gasteiger partial charge is 0.392 e. The minimum atomic E-state index is -4.56. The summed E-state index contributed by atoms with van der Waals surface area (Å²) in [5, 5.41) is 9.24. The maximum Gasteiger partial charge on any atom is 0.416 e. The fourth-order valence-corrected chi connectivity index (χ4v) is 3.84. The number of anilines is 1. The van der Waals surface area contributed by atoms with Gasteiger partial charge < -0.3 is 19.7 Å². The summed E-state index contributed by atoms with van der Waals surface area (Å²) in [6.07, 6.45) is -2.99. The van der Waals surface area contributed by atoms with Crippen LogP contribution in [0.15, 0.2) is 42.7 Å². The number of rotatable bonds is 4. The number of morpholine rings is 1. The molecular weight excluding hydrogens is 435 g/mol. The molecule has 10 heteroatoms. The largest absolute Gasteiger partial charge is 0.416 e. The molecular formula is C23H19F3N5O2. The number of ether oxygens (including phenoxy) is 1. The van der Waals surface area contributed by atoms with Crippen molar-refractivity contribution in [3.05, 3.63) is 59.9 Å². The molecule has 169 valence electrons.